The van der Waals surface area contributed by atoms with Crippen LogP contribution in [0.1, 0.15) is 20.3 Å². The Bertz CT molecular complexity index is 727. The van der Waals surface area contributed by atoms with Crippen molar-refractivity contribution in [3.63, 3.8) is 0 Å². The molecule has 10 nitrogen and oxygen atoms in total. The number of rotatable bonds is 7. The molecule has 11 heteroatoms. The Balaban J connectivity index is 0.00000300. The summed E-state index contributed by atoms with van der Waals surface area (Å²) in [6.07, 6.45) is 1.49. The van der Waals surface area contributed by atoms with E-state index in [2.05, 4.69) is 15.3 Å². The third kappa shape index (κ3) is 6.11. The first-order chi connectivity index (χ1) is 13.4. The van der Waals surface area contributed by atoms with Crippen molar-refractivity contribution in [2.75, 3.05) is 31.1 Å². The van der Waals surface area contributed by atoms with Crippen LogP contribution in [-0.4, -0.2) is 77.1 Å². The Morgan fingerprint density at radius 2 is 1.79 bits per heavy atom. The van der Waals surface area contributed by atoms with Crippen LogP contribution in [0, 0.1) is 5.92 Å². The van der Waals surface area contributed by atoms with Gasteiger partial charge < -0.3 is 29.8 Å². The van der Waals surface area contributed by atoms with E-state index in [1.807, 2.05) is 18.7 Å². The normalized spacial score (nSPS) is 21.9. The fourth-order valence-electron chi connectivity index (χ4n) is 3.24. The largest absolute Gasteiger partial charge is 1.00 e. The summed E-state index contributed by atoms with van der Waals surface area (Å²) in [6.45, 7) is 6.07. The van der Waals surface area contributed by atoms with Crippen molar-refractivity contribution < 1.29 is 53.8 Å². The Morgan fingerprint density at radius 1 is 1.17 bits per heavy atom. The molecule has 3 heterocycles. The molecule has 2 amide bonds. The summed E-state index contributed by atoms with van der Waals surface area (Å²) in [5, 5.41) is 13.4. The standard InChI is InChI=1S/C18H25N5O5.Na/c1-11(2)10-12(21-15(24)13-14(28-13)17(26)27)16(25)22-6-8-23(9-7-22)18-19-4-3-5-20-18;/h3-5,11-14H,6-10H2,1-2H3,(H,21,24)(H,26,27);/q;+1/p-1/t12-,13+,14+;/m0./s1. The van der Waals surface area contributed by atoms with Gasteiger partial charge in [-0.15, -0.1) is 0 Å². The molecule has 2 saturated heterocycles. The van der Waals surface area contributed by atoms with Crippen LogP contribution in [0.3, 0.4) is 0 Å². The molecule has 0 unspecified atom stereocenters. The first-order valence-electron chi connectivity index (χ1n) is 9.34. The molecule has 152 valence electrons. The van der Waals surface area contributed by atoms with Crippen LogP contribution in [0.25, 0.3) is 0 Å². The minimum Gasteiger partial charge on any atom is -0.547 e. The van der Waals surface area contributed by atoms with Crippen molar-refractivity contribution in [1.82, 2.24) is 20.2 Å². The molecular weight excluding hydrogens is 389 g/mol. The number of carboxylic acid groups (broad SMARTS) is 1. The monoisotopic (exact) mass is 413 g/mol. The number of ether oxygens (including phenoxy) is 1. The van der Waals surface area contributed by atoms with E-state index >= 15 is 0 Å². The fraction of sp³-hybridized carbons (Fsp3) is 0.611. The van der Waals surface area contributed by atoms with Crippen LogP contribution in [0.15, 0.2) is 18.5 Å². The van der Waals surface area contributed by atoms with Gasteiger partial charge in [0.15, 0.2) is 6.10 Å². The van der Waals surface area contributed by atoms with E-state index in [1.165, 1.54) is 0 Å². The van der Waals surface area contributed by atoms with Gasteiger partial charge in [-0.1, -0.05) is 13.8 Å². The second kappa shape index (κ2) is 10.3. The molecule has 0 aliphatic carbocycles. The van der Waals surface area contributed by atoms with Gasteiger partial charge in [0, 0.05) is 38.6 Å². The average molecular weight is 413 g/mol. The van der Waals surface area contributed by atoms with Crippen molar-refractivity contribution in [2.24, 2.45) is 5.92 Å². The maximum atomic E-state index is 13.0. The summed E-state index contributed by atoms with van der Waals surface area (Å²) in [6, 6.07) is 1.02. The molecule has 1 aromatic rings. The zero-order valence-corrected chi connectivity index (χ0v) is 18.9. The summed E-state index contributed by atoms with van der Waals surface area (Å²) in [4.78, 5) is 48.1. The molecule has 0 aromatic carbocycles. The second-order valence-corrected chi connectivity index (χ2v) is 7.35. The van der Waals surface area contributed by atoms with E-state index in [0.717, 1.165) is 0 Å². The van der Waals surface area contributed by atoms with Gasteiger partial charge in [-0.2, -0.15) is 0 Å². The minimum atomic E-state index is -1.42. The summed E-state index contributed by atoms with van der Waals surface area (Å²) < 4.78 is 4.81. The summed E-state index contributed by atoms with van der Waals surface area (Å²) in [7, 11) is 0. The topological polar surface area (TPSA) is 131 Å². The van der Waals surface area contributed by atoms with Gasteiger partial charge in [0.2, 0.25) is 11.9 Å². The number of carboxylic acids is 1. The summed E-state index contributed by atoms with van der Waals surface area (Å²) >= 11 is 0. The summed E-state index contributed by atoms with van der Waals surface area (Å²) in [5.41, 5.74) is 0. The van der Waals surface area contributed by atoms with Gasteiger partial charge in [-0.3, -0.25) is 9.59 Å². The Hall–Kier alpha value is -1.75. The first kappa shape index (κ1) is 23.5. The number of hydrogen-bond acceptors (Lipinski definition) is 8. The molecule has 0 saturated carbocycles. The third-order valence-electron chi connectivity index (χ3n) is 4.73. The quantitative estimate of drug-likeness (QED) is 0.348. The number of piperazine rings is 1. The van der Waals surface area contributed by atoms with Crippen LogP contribution in [0.5, 0.6) is 0 Å². The molecule has 3 atom stereocenters. The van der Waals surface area contributed by atoms with E-state index in [4.69, 9.17) is 4.74 Å². The Morgan fingerprint density at radius 3 is 2.31 bits per heavy atom. The van der Waals surface area contributed by atoms with Crippen LogP contribution < -0.4 is 44.9 Å². The van der Waals surface area contributed by atoms with Crippen LogP contribution in [-0.2, 0) is 19.1 Å². The maximum absolute atomic E-state index is 13.0. The van der Waals surface area contributed by atoms with Gasteiger partial charge in [-0.25, -0.2) is 9.97 Å². The number of hydrogen-bond donors (Lipinski definition) is 1. The van der Waals surface area contributed by atoms with E-state index in [0.29, 0.717) is 38.5 Å². The SMILES string of the molecule is CC(C)C[C@H](NC(=O)[C@@H]1O[C@H]1C(=O)[O-])C(=O)N1CCN(c2ncccn2)CC1.[Na+]. The number of aliphatic carboxylic acids is 1. The molecule has 1 aromatic heterocycles. The van der Waals surface area contributed by atoms with Crippen molar-refractivity contribution in [3.05, 3.63) is 18.5 Å². The zero-order valence-electron chi connectivity index (χ0n) is 16.9. The fourth-order valence-corrected chi connectivity index (χ4v) is 3.24. The molecule has 2 aliphatic heterocycles. The molecule has 0 spiro atoms. The van der Waals surface area contributed by atoms with Gasteiger partial charge in [0.25, 0.3) is 5.91 Å². The van der Waals surface area contributed by atoms with Crippen molar-refractivity contribution in [2.45, 2.75) is 38.5 Å². The van der Waals surface area contributed by atoms with Crippen LogP contribution in [0.4, 0.5) is 5.95 Å². The molecule has 2 fully saturated rings. The number of carbonyl (C=O) groups excluding carboxylic acids is 3. The third-order valence-corrected chi connectivity index (χ3v) is 4.73. The minimum absolute atomic E-state index is 0. The van der Waals surface area contributed by atoms with E-state index in [-0.39, 0.29) is 41.4 Å². The zero-order chi connectivity index (χ0) is 20.3. The smallest absolute Gasteiger partial charge is 0.547 e. The number of aromatic nitrogens is 2. The molecule has 2 aliphatic rings. The molecule has 0 bridgehead atoms. The first-order valence-corrected chi connectivity index (χ1v) is 9.34. The van der Waals surface area contributed by atoms with Gasteiger partial charge in [0.05, 0.1) is 5.97 Å². The number of epoxide rings is 1. The molecule has 29 heavy (non-hydrogen) atoms. The number of amides is 2. The van der Waals surface area contributed by atoms with E-state index in [1.54, 1.807) is 23.4 Å². The van der Waals surface area contributed by atoms with Crippen LogP contribution in [0.2, 0.25) is 0 Å². The predicted octanol–water partition coefficient (Wildman–Crippen LogP) is -4.82. The van der Waals surface area contributed by atoms with Gasteiger partial charge in [-0.05, 0) is 18.4 Å². The second-order valence-electron chi connectivity index (χ2n) is 7.35. The summed E-state index contributed by atoms with van der Waals surface area (Å²) in [5.74, 6) is -1.40. The average Bonchev–Trinajstić information content (AvgIpc) is 3.49. The Kier molecular flexibility index (Phi) is 8.38. The van der Waals surface area contributed by atoms with Crippen molar-refractivity contribution in [1.29, 1.82) is 0 Å². The maximum Gasteiger partial charge on any atom is 1.00 e. The molecule has 3 rings (SSSR count). The predicted molar refractivity (Wildman–Crippen MR) is 95.9 cm³/mol. The molecule has 1 N–H and O–H groups in total. The molecular formula is C18H24N5NaO5. The number of anilines is 1. The number of carbonyl (C=O) groups is 3. The number of nitrogens with zero attached hydrogens (tertiary/aromatic N) is 4. The van der Waals surface area contributed by atoms with Crippen molar-refractivity contribution in [3.8, 4) is 0 Å². The molecule has 0 radical (unpaired) electrons. The van der Waals surface area contributed by atoms with E-state index < -0.39 is 30.1 Å². The van der Waals surface area contributed by atoms with Crippen LogP contribution >= 0.6 is 0 Å². The Labute approximate surface area is 191 Å². The van der Waals surface area contributed by atoms with Gasteiger partial charge >= 0.3 is 29.6 Å². The van der Waals surface area contributed by atoms with Crippen molar-refractivity contribution >= 4 is 23.7 Å². The van der Waals surface area contributed by atoms with E-state index in [9.17, 15) is 19.5 Å². The van der Waals surface area contributed by atoms with Gasteiger partial charge in [0.1, 0.15) is 12.1 Å². The number of nitrogens with one attached hydrogen (secondary N) is 1.